The van der Waals surface area contributed by atoms with Crippen LogP contribution in [-0.4, -0.2) is 36.8 Å². The maximum absolute atomic E-state index is 8.66. The van der Waals surface area contributed by atoms with E-state index in [1.807, 2.05) is 19.9 Å². The number of hydrogen-bond donors (Lipinski definition) is 0. The predicted octanol–water partition coefficient (Wildman–Crippen LogP) is 1.46. The van der Waals surface area contributed by atoms with Gasteiger partial charge in [-0.2, -0.15) is 5.26 Å². The molecule has 0 aromatic carbocycles. The number of aryl methyl sites for hydroxylation is 2. The quantitative estimate of drug-likeness (QED) is 0.745. The molecule has 1 aromatic heterocycles. The summed E-state index contributed by atoms with van der Waals surface area (Å²) in [4.78, 5) is 10.7. The number of methoxy groups -OCH3 is 1. The van der Waals surface area contributed by atoms with Gasteiger partial charge in [-0.3, -0.25) is 0 Å². The van der Waals surface area contributed by atoms with Crippen LogP contribution in [0.5, 0.6) is 0 Å². The van der Waals surface area contributed by atoms with E-state index in [2.05, 4.69) is 20.9 Å². The minimum Gasteiger partial charge on any atom is -0.383 e. The molecule has 0 amide bonds. The average Bonchev–Trinajstić information content (AvgIpc) is 2.28. The zero-order valence-electron chi connectivity index (χ0n) is 10.6. The molecule has 0 saturated heterocycles. The van der Waals surface area contributed by atoms with Crippen LogP contribution in [0.1, 0.15) is 17.9 Å². The number of nitriles is 1. The third-order valence-corrected chi connectivity index (χ3v) is 2.34. The van der Waals surface area contributed by atoms with Crippen molar-refractivity contribution in [1.29, 1.82) is 5.26 Å². The SMILES string of the molecule is COCCN(CCC#N)c1cc(C)nc(C)n1. The van der Waals surface area contributed by atoms with Crippen molar-refractivity contribution in [3.8, 4) is 6.07 Å². The number of rotatable bonds is 6. The molecule has 0 bridgehead atoms. The molecule has 0 aliphatic carbocycles. The molecule has 0 atom stereocenters. The fourth-order valence-corrected chi connectivity index (χ4v) is 1.59. The van der Waals surface area contributed by atoms with Crippen LogP contribution in [0.25, 0.3) is 0 Å². The largest absolute Gasteiger partial charge is 0.383 e. The third-order valence-electron chi connectivity index (χ3n) is 2.34. The molecule has 0 saturated carbocycles. The van der Waals surface area contributed by atoms with Crippen LogP contribution in [0.2, 0.25) is 0 Å². The summed E-state index contributed by atoms with van der Waals surface area (Å²) in [7, 11) is 1.67. The standard InChI is InChI=1S/C12H18N4O/c1-10-9-12(15-11(2)14-10)16(6-4-5-13)7-8-17-3/h9H,4,6-8H2,1-3H3. The van der Waals surface area contributed by atoms with Crippen molar-refractivity contribution in [2.24, 2.45) is 0 Å². The van der Waals surface area contributed by atoms with E-state index < -0.39 is 0 Å². The van der Waals surface area contributed by atoms with E-state index in [9.17, 15) is 0 Å². The van der Waals surface area contributed by atoms with E-state index in [1.54, 1.807) is 7.11 Å². The van der Waals surface area contributed by atoms with Gasteiger partial charge in [0.25, 0.3) is 0 Å². The Morgan fingerprint density at radius 3 is 2.71 bits per heavy atom. The summed E-state index contributed by atoms with van der Waals surface area (Å²) >= 11 is 0. The Hall–Kier alpha value is -1.67. The summed E-state index contributed by atoms with van der Waals surface area (Å²) in [5.74, 6) is 1.61. The van der Waals surface area contributed by atoms with Gasteiger partial charge < -0.3 is 9.64 Å². The molecule has 1 heterocycles. The minimum absolute atomic E-state index is 0.478. The summed E-state index contributed by atoms with van der Waals surface area (Å²) in [6.45, 7) is 5.82. The molecule has 5 nitrogen and oxygen atoms in total. The van der Waals surface area contributed by atoms with Crippen molar-refractivity contribution >= 4 is 5.82 Å². The van der Waals surface area contributed by atoms with Crippen LogP contribution in [0, 0.1) is 25.2 Å². The molecular formula is C12H18N4O. The molecule has 17 heavy (non-hydrogen) atoms. The lowest BCUT2D eigenvalue weighted by Crippen LogP contribution is -2.29. The summed E-state index contributed by atoms with van der Waals surface area (Å²) in [5.41, 5.74) is 0.937. The smallest absolute Gasteiger partial charge is 0.132 e. The lowest BCUT2D eigenvalue weighted by Gasteiger charge is -2.22. The first-order valence-corrected chi connectivity index (χ1v) is 5.60. The average molecular weight is 234 g/mol. The molecular weight excluding hydrogens is 216 g/mol. The predicted molar refractivity (Wildman–Crippen MR) is 65.8 cm³/mol. The molecule has 0 N–H and O–H groups in total. The van der Waals surface area contributed by atoms with Crippen LogP contribution >= 0.6 is 0 Å². The number of aromatic nitrogens is 2. The lowest BCUT2D eigenvalue weighted by atomic mass is 10.3. The molecule has 0 spiro atoms. The highest BCUT2D eigenvalue weighted by Crippen LogP contribution is 2.12. The van der Waals surface area contributed by atoms with Gasteiger partial charge in [-0.25, -0.2) is 9.97 Å². The number of hydrogen-bond acceptors (Lipinski definition) is 5. The molecule has 92 valence electrons. The third kappa shape index (κ3) is 4.37. The minimum atomic E-state index is 0.478. The maximum Gasteiger partial charge on any atom is 0.132 e. The fraction of sp³-hybridized carbons (Fsp3) is 0.583. The van der Waals surface area contributed by atoms with Gasteiger partial charge in [0.2, 0.25) is 0 Å². The van der Waals surface area contributed by atoms with Gasteiger partial charge in [0.05, 0.1) is 19.1 Å². The van der Waals surface area contributed by atoms with E-state index in [4.69, 9.17) is 10.00 Å². The Morgan fingerprint density at radius 1 is 1.35 bits per heavy atom. The fourth-order valence-electron chi connectivity index (χ4n) is 1.59. The van der Waals surface area contributed by atoms with E-state index in [1.165, 1.54) is 0 Å². The number of anilines is 1. The molecule has 5 heteroatoms. The molecule has 0 aliphatic rings. The van der Waals surface area contributed by atoms with Gasteiger partial charge in [0, 0.05) is 32.0 Å². The highest BCUT2D eigenvalue weighted by atomic mass is 16.5. The molecule has 1 aromatic rings. The zero-order valence-corrected chi connectivity index (χ0v) is 10.6. The topological polar surface area (TPSA) is 62.0 Å². The zero-order chi connectivity index (χ0) is 12.7. The van der Waals surface area contributed by atoms with E-state index >= 15 is 0 Å². The van der Waals surface area contributed by atoms with Gasteiger partial charge in [-0.05, 0) is 13.8 Å². The molecule has 1 rings (SSSR count). The Bertz CT molecular complexity index is 380. The highest BCUT2D eigenvalue weighted by Gasteiger charge is 2.09. The van der Waals surface area contributed by atoms with Gasteiger partial charge in [-0.1, -0.05) is 0 Å². The Morgan fingerprint density at radius 2 is 2.12 bits per heavy atom. The van der Waals surface area contributed by atoms with Crippen LogP contribution in [0.4, 0.5) is 5.82 Å². The second-order valence-electron chi connectivity index (χ2n) is 3.80. The first kappa shape index (κ1) is 13.4. The maximum atomic E-state index is 8.66. The van der Waals surface area contributed by atoms with Crippen molar-refractivity contribution in [2.45, 2.75) is 20.3 Å². The van der Waals surface area contributed by atoms with Gasteiger partial charge in [-0.15, -0.1) is 0 Å². The summed E-state index contributed by atoms with van der Waals surface area (Å²) in [6, 6.07) is 4.08. The number of nitrogens with zero attached hydrogens (tertiary/aromatic N) is 4. The first-order chi connectivity index (χ1) is 8.17. The second-order valence-corrected chi connectivity index (χ2v) is 3.80. The normalized spacial score (nSPS) is 10.0. The van der Waals surface area contributed by atoms with E-state index in [0.29, 0.717) is 19.6 Å². The molecule has 0 radical (unpaired) electrons. The van der Waals surface area contributed by atoms with Gasteiger partial charge >= 0.3 is 0 Å². The van der Waals surface area contributed by atoms with Crippen LogP contribution in [-0.2, 0) is 4.74 Å². The monoisotopic (exact) mass is 234 g/mol. The van der Waals surface area contributed by atoms with Crippen molar-refractivity contribution < 1.29 is 4.74 Å². The van der Waals surface area contributed by atoms with Gasteiger partial charge in [0.1, 0.15) is 11.6 Å². The van der Waals surface area contributed by atoms with Crippen LogP contribution in [0.3, 0.4) is 0 Å². The Balaban J connectivity index is 2.83. The first-order valence-electron chi connectivity index (χ1n) is 5.60. The Kier molecular flexibility index (Phi) is 5.37. The number of ether oxygens (including phenoxy) is 1. The van der Waals surface area contributed by atoms with Crippen molar-refractivity contribution in [3.63, 3.8) is 0 Å². The summed E-state index contributed by atoms with van der Waals surface area (Å²) in [6.07, 6.45) is 0.478. The van der Waals surface area contributed by atoms with Crippen LogP contribution < -0.4 is 4.90 Å². The van der Waals surface area contributed by atoms with Crippen molar-refractivity contribution in [3.05, 3.63) is 17.6 Å². The van der Waals surface area contributed by atoms with E-state index in [0.717, 1.165) is 23.9 Å². The summed E-state index contributed by atoms with van der Waals surface area (Å²) in [5, 5.41) is 8.66. The van der Waals surface area contributed by atoms with Crippen molar-refractivity contribution in [1.82, 2.24) is 9.97 Å². The van der Waals surface area contributed by atoms with Gasteiger partial charge in [0.15, 0.2) is 0 Å². The summed E-state index contributed by atoms with van der Waals surface area (Å²) < 4.78 is 5.07. The molecule has 0 unspecified atom stereocenters. The van der Waals surface area contributed by atoms with Crippen molar-refractivity contribution in [2.75, 3.05) is 31.7 Å². The van der Waals surface area contributed by atoms with Crippen LogP contribution in [0.15, 0.2) is 6.07 Å². The lowest BCUT2D eigenvalue weighted by molar-refractivity contribution is 0.205. The highest BCUT2D eigenvalue weighted by molar-refractivity contribution is 5.39. The second kappa shape index (κ2) is 6.81. The Labute approximate surface area is 102 Å². The van der Waals surface area contributed by atoms with E-state index in [-0.39, 0.29) is 0 Å². The molecule has 0 aliphatic heterocycles. The molecule has 0 fully saturated rings.